The summed E-state index contributed by atoms with van der Waals surface area (Å²) in [6, 6.07) is 13.8. The highest BCUT2D eigenvalue weighted by Gasteiger charge is 2.16. The van der Waals surface area contributed by atoms with Crippen molar-refractivity contribution in [2.45, 2.75) is 46.1 Å². The van der Waals surface area contributed by atoms with Crippen molar-refractivity contribution in [1.29, 1.82) is 0 Å². The average Bonchev–Trinajstić information content (AvgIpc) is 3.28. The average molecular weight is 442 g/mol. The van der Waals surface area contributed by atoms with Gasteiger partial charge < -0.3 is 9.84 Å². The topological polar surface area (TPSA) is 93.8 Å². The van der Waals surface area contributed by atoms with Crippen LogP contribution in [0, 0.1) is 6.92 Å². The van der Waals surface area contributed by atoms with Crippen molar-refractivity contribution in [3.63, 3.8) is 0 Å². The van der Waals surface area contributed by atoms with E-state index in [1.165, 1.54) is 0 Å². The van der Waals surface area contributed by atoms with E-state index in [0.717, 1.165) is 39.5 Å². The lowest BCUT2D eigenvalue weighted by Crippen LogP contribution is -2.22. The lowest BCUT2D eigenvalue weighted by atomic mass is 10.0. The van der Waals surface area contributed by atoms with Gasteiger partial charge in [0.2, 0.25) is 5.91 Å². The molecule has 0 bridgehead atoms. The molecule has 0 saturated heterocycles. The molecule has 1 amide bonds. The van der Waals surface area contributed by atoms with E-state index in [1.807, 2.05) is 49.4 Å². The Morgan fingerprint density at radius 2 is 1.91 bits per heavy atom. The molecule has 7 nitrogen and oxygen atoms in total. The van der Waals surface area contributed by atoms with Gasteiger partial charge >= 0.3 is 0 Å². The van der Waals surface area contributed by atoms with Gasteiger partial charge in [0.25, 0.3) is 0 Å². The Labute approximate surface area is 193 Å². The first-order valence-electron chi connectivity index (χ1n) is 11.0. The van der Waals surface area contributed by atoms with Crippen LogP contribution in [0.3, 0.4) is 0 Å². The Morgan fingerprint density at radius 1 is 1.09 bits per heavy atom. The minimum Gasteiger partial charge on any atom is -0.356 e. The molecule has 0 unspecified atom stereocenters. The van der Waals surface area contributed by atoms with Crippen molar-refractivity contribution in [3.05, 3.63) is 83.7 Å². The van der Waals surface area contributed by atoms with Crippen LogP contribution in [0.15, 0.2) is 65.6 Å². The molecule has 168 valence electrons. The van der Waals surface area contributed by atoms with Gasteiger partial charge in [-0.2, -0.15) is 0 Å². The summed E-state index contributed by atoms with van der Waals surface area (Å²) in [5, 5.41) is 6.98. The quantitative estimate of drug-likeness (QED) is 0.419. The highest BCUT2D eigenvalue weighted by molar-refractivity contribution is 5.78. The van der Waals surface area contributed by atoms with E-state index in [-0.39, 0.29) is 11.8 Å². The highest BCUT2D eigenvalue weighted by atomic mass is 16.5. The second kappa shape index (κ2) is 10.2. The molecule has 4 rings (SSSR count). The minimum atomic E-state index is 0.0169. The number of hydrogen-bond acceptors (Lipinski definition) is 6. The van der Waals surface area contributed by atoms with Gasteiger partial charge in [-0.25, -0.2) is 9.97 Å². The largest absolute Gasteiger partial charge is 0.356 e. The number of pyridine rings is 1. The number of carbonyl (C=O) groups is 1. The van der Waals surface area contributed by atoms with Crippen molar-refractivity contribution in [1.82, 2.24) is 25.4 Å². The molecule has 0 aliphatic carbocycles. The van der Waals surface area contributed by atoms with Gasteiger partial charge in [0.05, 0.1) is 17.0 Å². The van der Waals surface area contributed by atoms with E-state index < -0.39 is 0 Å². The minimum absolute atomic E-state index is 0.0169. The Morgan fingerprint density at radius 3 is 2.58 bits per heavy atom. The van der Waals surface area contributed by atoms with Gasteiger partial charge in [-0.3, -0.25) is 9.78 Å². The molecular weight excluding hydrogens is 414 g/mol. The van der Waals surface area contributed by atoms with Crippen LogP contribution in [-0.4, -0.2) is 26.0 Å². The van der Waals surface area contributed by atoms with Crippen LogP contribution < -0.4 is 5.32 Å². The fourth-order valence-electron chi connectivity index (χ4n) is 3.44. The number of benzene rings is 1. The van der Waals surface area contributed by atoms with Crippen LogP contribution >= 0.6 is 0 Å². The first kappa shape index (κ1) is 22.3. The molecule has 0 atom stereocenters. The zero-order valence-corrected chi connectivity index (χ0v) is 19.1. The number of aryl methyl sites for hydroxylation is 2. The summed E-state index contributed by atoms with van der Waals surface area (Å²) >= 11 is 0. The van der Waals surface area contributed by atoms with Crippen LogP contribution in [0.25, 0.3) is 22.6 Å². The molecule has 4 aromatic rings. The predicted octanol–water partition coefficient (Wildman–Crippen LogP) is 4.87. The normalized spacial score (nSPS) is 11.0. The number of nitrogens with zero attached hydrogens (tertiary/aromatic N) is 4. The van der Waals surface area contributed by atoms with E-state index in [2.05, 4.69) is 34.3 Å². The summed E-state index contributed by atoms with van der Waals surface area (Å²) in [5.74, 6) is 1.64. The monoisotopic (exact) mass is 441 g/mol. The molecule has 0 aliphatic rings. The first-order valence-corrected chi connectivity index (χ1v) is 11.0. The fourth-order valence-corrected chi connectivity index (χ4v) is 3.44. The van der Waals surface area contributed by atoms with Gasteiger partial charge in [-0.15, -0.1) is 0 Å². The Kier molecular flexibility index (Phi) is 6.88. The zero-order valence-electron chi connectivity index (χ0n) is 19.1. The van der Waals surface area contributed by atoms with Crippen LogP contribution in [0.4, 0.5) is 0 Å². The summed E-state index contributed by atoms with van der Waals surface area (Å²) in [4.78, 5) is 25.6. The lowest BCUT2D eigenvalue weighted by molar-refractivity contribution is -0.121. The Hall–Kier alpha value is -3.87. The first-order chi connectivity index (χ1) is 16.0. The van der Waals surface area contributed by atoms with E-state index >= 15 is 0 Å². The van der Waals surface area contributed by atoms with Gasteiger partial charge in [0, 0.05) is 49.1 Å². The van der Waals surface area contributed by atoms with Gasteiger partial charge in [-0.05, 0) is 30.5 Å². The van der Waals surface area contributed by atoms with Gasteiger partial charge in [0.15, 0.2) is 5.76 Å². The van der Waals surface area contributed by atoms with Crippen molar-refractivity contribution in [2.24, 2.45) is 0 Å². The smallest absolute Gasteiger partial charge is 0.220 e. The number of hydrogen-bond donors (Lipinski definition) is 1. The zero-order chi connectivity index (χ0) is 23.2. The summed E-state index contributed by atoms with van der Waals surface area (Å²) in [7, 11) is 0. The fraction of sp³-hybridized carbons (Fsp3) is 0.269. The van der Waals surface area contributed by atoms with Crippen molar-refractivity contribution in [3.8, 4) is 22.6 Å². The molecule has 0 fully saturated rings. The van der Waals surface area contributed by atoms with Crippen LogP contribution in [-0.2, 0) is 17.8 Å². The molecule has 1 aromatic carbocycles. The molecular formula is C26H27N5O2. The van der Waals surface area contributed by atoms with E-state index in [1.54, 1.807) is 18.6 Å². The van der Waals surface area contributed by atoms with Gasteiger partial charge in [0.1, 0.15) is 5.82 Å². The summed E-state index contributed by atoms with van der Waals surface area (Å²) in [6.07, 6.45) is 6.43. The summed E-state index contributed by atoms with van der Waals surface area (Å²) in [6.45, 7) is 6.49. The maximum absolute atomic E-state index is 12.2. The molecule has 7 heteroatoms. The standard InChI is InChI=1S/C26H27N5O2/c1-17(2)26-29-16-22(23-13-18(3)31-33-23)25(30-26)21-9-6-20(7-10-21)15-28-24(32)11-8-19-5-4-12-27-14-19/h4-7,9-10,12-14,16-17H,8,11,15H2,1-3H3,(H,28,32). The molecule has 3 heterocycles. The number of amides is 1. The van der Waals surface area contributed by atoms with E-state index in [0.29, 0.717) is 25.1 Å². The van der Waals surface area contributed by atoms with Crippen LogP contribution in [0.5, 0.6) is 0 Å². The Balaban J connectivity index is 1.46. The molecule has 0 aliphatic heterocycles. The maximum Gasteiger partial charge on any atom is 0.220 e. The summed E-state index contributed by atoms with van der Waals surface area (Å²) in [5.41, 5.74) is 5.44. The van der Waals surface area contributed by atoms with Crippen LogP contribution in [0.2, 0.25) is 0 Å². The third kappa shape index (κ3) is 5.68. The molecule has 0 saturated carbocycles. The maximum atomic E-state index is 12.2. The number of rotatable bonds is 8. The van der Waals surface area contributed by atoms with Crippen molar-refractivity contribution < 1.29 is 9.32 Å². The molecule has 0 radical (unpaired) electrons. The Bertz CT molecular complexity index is 1220. The molecule has 0 spiro atoms. The number of aromatic nitrogens is 4. The lowest BCUT2D eigenvalue weighted by Gasteiger charge is -2.11. The second-order valence-electron chi connectivity index (χ2n) is 8.31. The highest BCUT2D eigenvalue weighted by Crippen LogP contribution is 2.31. The van der Waals surface area contributed by atoms with Gasteiger partial charge in [-0.1, -0.05) is 49.3 Å². The summed E-state index contributed by atoms with van der Waals surface area (Å²) < 4.78 is 5.47. The third-order valence-electron chi connectivity index (χ3n) is 5.30. The molecule has 1 N–H and O–H groups in total. The van der Waals surface area contributed by atoms with E-state index in [9.17, 15) is 4.79 Å². The van der Waals surface area contributed by atoms with Crippen LogP contribution in [0.1, 0.15) is 48.8 Å². The number of carbonyl (C=O) groups excluding carboxylic acids is 1. The molecule has 3 aromatic heterocycles. The van der Waals surface area contributed by atoms with E-state index in [4.69, 9.17) is 9.51 Å². The van der Waals surface area contributed by atoms with Crippen molar-refractivity contribution >= 4 is 5.91 Å². The second-order valence-corrected chi connectivity index (χ2v) is 8.31. The number of nitrogens with one attached hydrogen (secondary N) is 1. The predicted molar refractivity (Wildman–Crippen MR) is 126 cm³/mol. The molecule has 33 heavy (non-hydrogen) atoms. The SMILES string of the molecule is Cc1cc(-c2cnc(C(C)C)nc2-c2ccc(CNC(=O)CCc3cccnc3)cc2)on1. The third-order valence-corrected chi connectivity index (χ3v) is 5.30. The van der Waals surface area contributed by atoms with Crippen molar-refractivity contribution in [2.75, 3.05) is 0 Å².